The minimum Gasteiger partial charge on any atom is -0.496 e. The third kappa shape index (κ3) is 4.24. The molecular weight excluding hydrogens is 234 g/mol. The molecule has 0 amide bonds. The Morgan fingerprint density at radius 1 is 1.26 bits per heavy atom. The van der Waals surface area contributed by atoms with Crippen LogP contribution in [-0.2, 0) is 6.42 Å². The Morgan fingerprint density at radius 2 is 2.00 bits per heavy atom. The van der Waals surface area contributed by atoms with Crippen LogP contribution in [0.5, 0.6) is 5.75 Å². The molecule has 0 radical (unpaired) electrons. The fraction of sp³-hybridized carbons (Fsp3) is 0.647. The molecule has 1 fully saturated rings. The van der Waals surface area contributed by atoms with E-state index in [2.05, 4.69) is 30.6 Å². The highest BCUT2D eigenvalue weighted by Crippen LogP contribution is 2.32. The van der Waals surface area contributed by atoms with Gasteiger partial charge in [0.05, 0.1) is 7.11 Å². The third-order valence-electron chi connectivity index (χ3n) is 4.34. The zero-order valence-corrected chi connectivity index (χ0v) is 12.3. The molecule has 1 saturated carbocycles. The lowest BCUT2D eigenvalue weighted by atomic mass is 9.88. The van der Waals surface area contributed by atoms with Gasteiger partial charge in [0, 0.05) is 0 Å². The summed E-state index contributed by atoms with van der Waals surface area (Å²) in [6, 6.07) is 8.44. The largest absolute Gasteiger partial charge is 0.496 e. The van der Waals surface area contributed by atoms with E-state index in [1.807, 2.05) is 6.07 Å². The van der Waals surface area contributed by atoms with Crippen molar-refractivity contribution in [1.29, 1.82) is 0 Å². The first kappa shape index (κ1) is 14.4. The Balaban J connectivity index is 1.98. The minimum atomic E-state index is 0.726. The lowest BCUT2D eigenvalue weighted by Gasteiger charge is -2.21. The van der Waals surface area contributed by atoms with Gasteiger partial charge in [0.1, 0.15) is 5.75 Å². The minimum absolute atomic E-state index is 0.726. The second kappa shape index (κ2) is 7.54. The van der Waals surface area contributed by atoms with Crippen LogP contribution in [0.2, 0.25) is 0 Å². The first-order valence-electron chi connectivity index (χ1n) is 7.60. The van der Waals surface area contributed by atoms with Crippen molar-refractivity contribution >= 4 is 0 Å². The van der Waals surface area contributed by atoms with Gasteiger partial charge in [-0.25, -0.2) is 0 Å². The van der Waals surface area contributed by atoms with Crippen molar-refractivity contribution in [3.63, 3.8) is 0 Å². The first-order valence-corrected chi connectivity index (χ1v) is 7.60. The van der Waals surface area contributed by atoms with Gasteiger partial charge in [-0.1, -0.05) is 43.9 Å². The highest BCUT2D eigenvalue weighted by Gasteiger charge is 2.20. The number of rotatable bonds is 7. The van der Waals surface area contributed by atoms with Crippen molar-refractivity contribution in [3.05, 3.63) is 29.8 Å². The van der Waals surface area contributed by atoms with Crippen LogP contribution < -0.4 is 10.1 Å². The zero-order chi connectivity index (χ0) is 13.5. The van der Waals surface area contributed by atoms with E-state index in [0.717, 1.165) is 30.6 Å². The van der Waals surface area contributed by atoms with E-state index in [0.29, 0.717) is 0 Å². The summed E-state index contributed by atoms with van der Waals surface area (Å²) in [5.74, 6) is 2.72. The standard InChI is InChI=1S/C17H27NO/c1-18-13-15(11-14-7-3-4-8-14)12-16-9-5-6-10-17(16)19-2/h5-6,9-10,14-15,18H,3-4,7-8,11-13H2,1-2H3. The zero-order valence-electron chi connectivity index (χ0n) is 12.3. The molecular formula is C17H27NO. The van der Waals surface area contributed by atoms with Gasteiger partial charge in [-0.15, -0.1) is 0 Å². The fourth-order valence-corrected chi connectivity index (χ4v) is 3.43. The first-order chi connectivity index (χ1) is 9.33. The number of para-hydroxylation sites is 1. The number of methoxy groups -OCH3 is 1. The molecule has 0 saturated heterocycles. The molecule has 19 heavy (non-hydrogen) atoms. The Hall–Kier alpha value is -1.02. The van der Waals surface area contributed by atoms with Gasteiger partial charge in [-0.05, 0) is 49.9 Å². The molecule has 0 bridgehead atoms. The van der Waals surface area contributed by atoms with Gasteiger partial charge < -0.3 is 10.1 Å². The van der Waals surface area contributed by atoms with Crippen molar-refractivity contribution in [2.75, 3.05) is 20.7 Å². The number of ether oxygens (including phenoxy) is 1. The summed E-state index contributed by atoms with van der Waals surface area (Å²) in [6.45, 7) is 1.11. The van der Waals surface area contributed by atoms with E-state index in [4.69, 9.17) is 4.74 Å². The predicted octanol–water partition coefficient (Wildman–Crippen LogP) is 3.65. The molecule has 1 aliphatic carbocycles. The summed E-state index contributed by atoms with van der Waals surface area (Å²) >= 11 is 0. The number of nitrogens with one attached hydrogen (secondary N) is 1. The lowest BCUT2D eigenvalue weighted by Crippen LogP contribution is -2.23. The molecule has 1 aromatic rings. The summed E-state index contributed by atoms with van der Waals surface area (Å²) in [7, 11) is 3.83. The number of hydrogen-bond donors (Lipinski definition) is 1. The molecule has 2 rings (SSSR count). The van der Waals surface area contributed by atoms with Crippen LogP contribution >= 0.6 is 0 Å². The summed E-state index contributed by atoms with van der Waals surface area (Å²) in [5, 5.41) is 3.36. The van der Waals surface area contributed by atoms with Crippen LogP contribution in [0.15, 0.2) is 24.3 Å². The molecule has 106 valence electrons. The smallest absolute Gasteiger partial charge is 0.122 e. The van der Waals surface area contributed by atoms with E-state index in [1.165, 1.54) is 37.7 Å². The van der Waals surface area contributed by atoms with Gasteiger partial charge in [0.25, 0.3) is 0 Å². The maximum Gasteiger partial charge on any atom is 0.122 e. The van der Waals surface area contributed by atoms with Crippen LogP contribution in [0.4, 0.5) is 0 Å². The molecule has 0 spiro atoms. The highest BCUT2D eigenvalue weighted by molar-refractivity contribution is 5.33. The van der Waals surface area contributed by atoms with E-state index in [9.17, 15) is 0 Å². The SMILES string of the molecule is CNCC(Cc1ccccc1OC)CC1CCCC1. The molecule has 1 aromatic carbocycles. The number of hydrogen-bond acceptors (Lipinski definition) is 2. The van der Waals surface area contributed by atoms with Gasteiger partial charge >= 0.3 is 0 Å². The second-order valence-electron chi connectivity index (χ2n) is 5.83. The maximum absolute atomic E-state index is 5.47. The molecule has 0 aliphatic heterocycles. The lowest BCUT2D eigenvalue weighted by molar-refractivity contribution is 0.355. The predicted molar refractivity (Wildman–Crippen MR) is 80.7 cm³/mol. The topological polar surface area (TPSA) is 21.3 Å². The Bertz CT molecular complexity index is 371. The van der Waals surface area contributed by atoms with Gasteiger partial charge in [-0.2, -0.15) is 0 Å². The van der Waals surface area contributed by atoms with Crippen LogP contribution in [0.3, 0.4) is 0 Å². The highest BCUT2D eigenvalue weighted by atomic mass is 16.5. The molecule has 1 aliphatic rings. The van der Waals surface area contributed by atoms with E-state index >= 15 is 0 Å². The van der Waals surface area contributed by atoms with Gasteiger partial charge in [0.2, 0.25) is 0 Å². The van der Waals surface area contributed by atoms with E-state index in [1.54, 1.807) is 7.11 Å². The van der Waals surface area contributed by atoms with E-state index < -0.39 is 0 Å². The summed E-state index contributed by atoms with van der Waals surface area (Å²) in [6.07, 6.45) is 8.23. The molecule has 1 unspecified atom stereocenters. The Kier molecular flexibility index (Phi) is 5.71. The maximum atomic E-state index is 5.47. The van der Waals surface area contributed by atoms with Crippen molar-refractivity contribution in [2.24, 2.45) is 11.8 Å². The van der Waals surface area contributed by atoms with Gasteiger partial charge in [0.15, 0.2) is 0 Å². The summed E-state index contributed by atoms with van der Waals surface area (Å²) in [4.78, 5) is 0. The van der Waals surface area contributed by atoms with Crippen molar-refractivity contribution in [1.82, 2.24) is 5.32 Å². The van der Waals surface area contributed by atoms with Crippen LogP contribution in [0, 0.1) is 11.8 Å². The van der Waals surface area contributed by atoms with Crippen LogP contribution in [0.1, 0.15) is 37.7 Å². The summed E-state index contributed by atoms with van der Waals surface area (Å²) < 4.78 is 5.47. The quantitative estimate of drug-likeness (QED) is 0.809. The van der Waals surface area contributed by atoms with Crippen molar-refractivity contribution in [2.45, 2.75) is 38.5 Å². The number of benzene rings is 1. The van der Waals surface area contributed by atoms with Crippen molar-refractivity contribution < 1.29 is 4.74 Å². The molecule has 0 heterocycles. The average molecular weight is 261 g/mol. The molecule has 2 heteroatoms. The van der Waals surface area contributed by atoms with Crippen molar-refractivity contribution in [3.8, 4) is 5.75 Å². The Labute approximate surface area is 117 Å². The fourth-order valence-electron chi connectivity index (χ4n) is 3.43. The normalized spacial score (nSPS) is 17.6. The summed E-state index contributed by atoms with van der Waals surface area (Å²) in [5.41, 5.74) is 1.35. The Morgan fingerprint density at radius 3 is 2.68 bits per heavy atom. The molecule has 2 nitrogen and oxygen atoms in total. The van der Waals surface area contributed by atoms with Crippen LogP contribution in [0.25, 0.3) is 0 Å². The third-order valence-corrected chi connectivity index (χ3v) is 4.34. The molecule has 0 aromatic heterocycles. The second-order valence-corrected chi connectivity index (χ2v) is 5.83. The monoisotopic (exact) mass is 261 g/mol. The van der Waals surface area contributed by atoms with E-state index in [-0.39, 0.29) is 0 Å². The van der Waals surface area contributed by atoms with Gasteiger partial charge in [-0.3, -0.25) is 0 Å². The average Bonchev–Trinajstić information content (AvgIpc) is 2.92. The van der Waals surface area contributed by atoms with Crippen LogP contribution in [-0.4, -0.2) is 20.7 Å². The molecule has 1 N–H and O–H groups in total. The molecule has 1 atom stereocenters.